The van der Waals surface area contributed by atoms with Crippen LogP contribution in [0.1, 0.15) is 30.9 Å². The Bertz CT molecular complexity index is 447. The molecule has 0 unspecified atom stereocenters. The topological polar surface area (TPSA) is 27.0 Å². The van der Waals surface area contributed by atoms with E-state index in [1.54, 1.807) is 24.1 Å². The molecule has 1 aromatic rings. The van der Waals surface area contributed by atoms with E-state index in [-0.39, 0.29) is 5.56 Å². The molecule has 0 fully saturated rings. The molecule has 0 aliphatic carbocycles. The predicted molar refractivity (Wildman–Crippen MR) is 64.3 cm³/mol. The summed E-state index contributed by atoms with van der Waals surface area (Å²) in [5, 5.41) is 8.69. The number of unbranched alkanes of at least 4 members (excludes halogenated alkanes) is 1. The fourth-order valence-electron chi connectivity index (χ4n) is 1.63. The molecule has 0 spiro atoms. The number of nitriles is 1. The van der Waals surface area contributed by atoms with Gasteiger partial charge in [-0.05, 0) is 24.6 Å². The lowest BCUT2D eigenvalue weighted by atomic mass is 10.1. The Hall–Kier alpha value is -1.70. The highest BCUT2D eigenvalue weighted by Crippen LogP contribution is 2.34. The van der Waals surface area contributed by atoms with Crippen molar-refractivity contribution in [2.24, 2.45) is 0 Å². The summed E-state index contributed by atoms with van der Waals surface area (Å²) >= 11 is 0. The molecule has 0 heterocycles. The van der Waals surface area contributed by atoms with Crippen LogP contribution in [-0.4, -0.2) is 13.6 Å². The van der Waals surface area contributed by atoms with E-state index in [9.17, 15) is 13.2 Å². The van der Waals surface area contributed by atoms with Crippen molar-refractivity contribution >= 4 is 5.69 Å². The van der Waals surface area contributed by atoms with Gasteiger partial charge in [-0.1, -0.05) is 13.3 Å². The molecule has 0 atom stereocenters. The highest BCUT2D eigenvalue weighted by molar-refractivity contribution is 5.54. The summed E-state index contributed by atoms with van der Waals surface area (Å²) < 4.78 is 38.3. The maximum atomic E-state index is 12.8. The van der Waals surface area contributed by atoms with E-state index in [0.29, 0.717) is 12.2 Å². The maximum absolute atomic E-state index is 12.8. The van der Waals surface area contributed by atoms with Crippen molar-refractivity contribution in [2.75, 3.05) is 18.5 Å². The molecular weight excluding hydrogens is 241 g/mol. The fourth-order valence-corrected chi connectivity index (χ4v) is 1.63. The summed E-state index contributed by atoms with van der Waals surface area (Å²) in [6.45, 7) is 2.72. The zero-order valence-electron chi connectivity index (χ0n) is 10.4. The third kappa shape index (κ3) is 3.39. The Morgan fingerprint density at radius 2 is 2.00 bits per heavy atom. The average Bonchev–Trinajstić information content (AvgIpc) is 2.34. The lowest BCUT2D eigenvalue weighted by Gasteiger charge is -2.20. The molecule has 0 N–H and O–H groups in total. The number of hydrogen-bond acceptors (Lipinski definition) is 2. The van der Waals surface area contributed by atoms with Gasteiger partial charge in [-0.3, -0.25) is 0 Å². The zero-order valence-corrected chi connectivity index (χ0v) is 10.4. The van der Waals surface area contributed by atoms with Crippen LogP contribution in [0.15, 0.2) is 18.2 Å². The largest absolute Gasteiger partial charge is 0.417 e. The Morgan fingerprint density at radius 3 is 2.50 bits per heavy atom. The lowest BCUT2D eigenvalue weighted by molar-refractivity contribution is -0.137. The summed E-state index contributed by atoms with van der Waals surface area (Å²) in [5.74, 6) is 0. The molecule has 0 aliphatic rings. The van der Waals surface area contributed by atoms with Crippen LogP contribution < -0.4 is 4.90 Å². The molecule has 1 aromatic carbocycles. The van der Waals surface area contributed by atoms with Crippen molar-refractivity contribution in [3.05, 3.63) is 29.3 Å². The van der Waals surface area contributed by atoms with Gasteiger partial charge in [0.15, 0.2) is 0 Å². The first-order valence-electron chi connectivity index (χ1n) is 5.72. The van der Waals surface area contributed by atoms with Gasteiger partial charge in [-0.25, -0.2) is 0 Å². The maximum Gasteiger partial charge on any atom is 0.417 e. The second kappa shape index (κ2) is 5.76. The fraction of sp³-hybridized carbons (Fsp3) is 0.462. The van der Waals surface area contributed by atoms with Crippen LogP contribution in [0.5, 0.6) is 0 Å². The van der Waals surface area contributed by atoms with Crippen LogP contribution in [0.2, 0.25) is 0 Å². The van der Waals surface area contributed by atoms with E-state index in [0.717, 1.165) is 18.9 Å². The van der Waals surface area contributed by atoms with E-state index < -0.39 is 11.7 Å². The summed E-state index contributed by atoms with van der Waals surface area (Å²) in [6, 6.07) is 5.38. The Labute approximate surface area is 105 Å². The predicted octanol–water partition coefficient (Wildman–Crippen LogP) is 3.81. The van der Waals surface area contributed by atoms with Gasteiger partial charge in [0.1, 0.15) is 0 Å². The molecule has 0 saturated carbocycles. The van der Waals surface area contributed by atoms with Crippen LogP contribution >= 0.6 is 0 Å². The van der Waals surface area contributed by atoms with Crippen LogP contribution in [-0.2, 0) is 6.18 Å². The van der Waals surface area contributed by atoms with Crippen molar-refractivity contribution in [2.45, 2.75) is 25.9 Å². The second-order valence-electron chi connectivity index (χ2n) is 4.11. The number of rotatable bonds is 4. The first-order valence-corrected chi connectivity index (χ1v) is 5.72. The molecule has 0 bridgehead atoms. The molecule has 0 saturated heterocycles. The third-order valence-electron chi connectivity index (χ3n) is 2.72. The van der Waals surface area contributed by atoms with Gasteiger partial charge in [0.2, 0.25) is 0 Å². The first-order chi connectivity index (χ1) is 8.40. The smallest absolute Gasteiger partial charge is 0.375 e. The SMILES string of the molecule is CCCCN(C)c1ccc(C#N)c(C(F)(F)F)c1. The van der Waals surface area contributed by atoms with Crippen molar-refractivity contribution in [1.29, 1.82) is 5.26 Å². The summed E-state index contributed by atoms with van der Waals surface area (Å²) in [7, 11) is 1.75. The molecule has 98 valence electrons. The number of alkyl halides is 3. The van der Waals surface area contributed by atoms with Gasteiger partial charge in [0.05, 0.1) is 17.2 Å². The van der Waals surface area contributed by atoms with Crippen LogP contribution in [0.4, 0.5) is 18.9 Å². The van der Waals surface area contributed by atoms with Gasteiger partial charge < -0.3 is 4.90 Å². The summed E-state index contributed by atoms with van der Waals surface area (Å²) in [5.41, 5.74) is -0.726. The molecule has 2 nitrogen and oxygen atoms in total. The molecule has 0 radical (unpaired) electrons. The van der Waals surface area contributed by atoms with E-state index in [2.05, 4.69) is 0 Å². The standard InChI is InChI=1S/C13H15F3N2/c1-3-4-7-18(2)11-6-5-10(9-17)12(8-11)13(14,15)16/h5-6,8H,3-4,7H2,1-2H3. The van der Waals surface area contributed by atoms with E-state index in [4.69, 9.17) is 5.26 Å². The molecule has 0 aromatic heterocycles. The van der Waals surface area contributed by atoms with E-state index >= 15 is 0 Å². The van der Waals surface area contributed by atoms with Gasteiger partial charge >= 0.3 is 6.18 Å². The van der Waals surface area contributed by atoms with E-state index in [1.165, 1.54) is 6.07 Å². The molecule has 1 rings (SSSR count). The van der Waals surface area contributed by atoms with Gasteiger partial charge in [-0.2, -0.15) is 18.4 Å². The second-order valence-corrected chi connectivity index (χ2v) is 4.11. The number of hydrogen-bond donors (Lipinski definition) is 0. The minimum atomic E-state index is -4.49. The Kier molecular flexibility index (Phi) is 4.60. The number of halogens is 3. The van der Waals surface area contributed by atoms with Crippen molar-refractivity contribution in [1.82, 2.24) is 0 Å². The quantitative estimate of drug-likeness (QED) is 0.819. The molecule has 18 heavy (non-hydrogen) atoms. The monoisotopic (exact) mass is 256 g/mol. The first kappa shape index (κ1) is 14.4. The molecule has 5 heteroatoms. The Morgan fingerprint density at radius 1 is 1.33 bits per heavy atom. The average molecular weight is 256 g/mol. The summed E-state index contributed by atoms with van der Waals surface area (Å²) in [4.78, 5) is 1.76. The van der Waals surface area contributed by atoms with Crippen LogP contribution in [0, 0.1) is 11.3 Å². The minimum absolute atomic E-state index is 0.338. The molecule has 0 aliphatic heterocycles. The number of anilines is 1. The van der Waals surface area contributed by atoms with Gasteiger partial charge in [-0.15, -0.1) is 0 Å². The van der Waals surface area contributed by atoms with Crippen molar-refractivity contribution in [3.63, 3.8) is 0 Å². The normalized spacial score (nSPS) is 11.1. The Balaban J connectivity index is 3.08. The van der Waals surface area contributed by atoms with Crippen LogP contribution in [0.25, 0.3) is 0 Å². The zero-order chi connectivity index (χ0) is 13.8. The van der Waals surface area contributed by atoms with Crippen molar-refractivity contribution < 1.29 is 13.2 Å². The highest BCUT2D eigenvalue weighted by atomic mass is 19.4. The lowest BCUT2D eigenvalue weighted by Crippen LogP contribution is -2.19. The molecule has 0 amide bonds. The van der Waals surface area contributed by atoms with E-state index in [1.807, 2.05) is 6.92 Å². The van der Waals surface area contributed by atoms with Gasteiger partial charge in [0, 0.05) is 19.3 Å². The molecular formula is C13H15F3N2. The van der Waals surface area contributed by atoms with Gasteiger partial charge in [0.25, 0.3) is 0 Å². The third-order valence-corrected chi connectivity index (χ3v) is 2.72. The number of nitrogens with zero attached hydrogens (tertiary/aromatic N) is 2. The highest BCUT2D eigenvalue weighted by Gasteiger charge is 2.34. The van der Waals surface area contributed by atoms with Crippen LogP contribution in [0.3, 0.4) is 0 Å². The minimum Gasteiger partial charge on any atom is -0.375 e. The summed E-state index contributed by atoms with van der Waals surface area (Å²) in [6.07, 6.45) is -2.60. The van der Waals surface area contributed by atoms with Crippen molar-refractivity contribution in [3.8, 4) is 6.07 Å². The number of benzene rings is 1.